The van der Waals surface area contributed by atoms with Crippen LogP contribution in [0.1, 0.15) is 43.2 Å². The van der Waals surface area contributed by atoms with E-state index < -0.39 is 0 Å². The third-order valence-electron chi connectivity index (χ3n) is 15.0. The van der Waals surface area contributed by atoms with E-state index in [9.17, 15) is 0 Å². The quantitative estimate of drug-likeness (QED) is 0.179. The van der Waals surface area contributed by atoms with Crippen LogP contribution >= 0.6 is 0 Å². The van der Waals surface area contributed by atoms with Crippen LogP contribution in [0.3, 0.4) is 0 Å². The zero-order valence-corrected chi connectivity index (χ0v) is 33.1. The summed E-state index contributed by atoms with van der Waals surface area (Å²) in [7, 11) is 0. The van der Waals surface area contributed by atoms with Gasteiger partial charge >= 0.3 is 0 Å². The molecular weight excluding hydrogens is 733 g/mol. The SMILES string of the molecule is c1ccc(-n2c3ccccc3c3ccc(-c4nc(-c5ccc6c(c5)-c5ccccc5C65C6CC7CC(C6)CC5C7)nc(-c5ccc6c(c5)oc5ccccc56)n4)cc32)cc1. The molecule has 5 heteroatoms. The third kappa shape index (κ3) is 4.50. The number of rotatable bonds is 4. The fourth-order valence-electron chi connectivity index (χ4n) is 12.9. The number of fused-ring (bicyclic) bond motifs is 9. The van der Waals surface area contributed by atoms with E-state index in [4.69, 9.17) is 19.4 Å². The van der Waals surface area contributed by atoms with Crippen LogP contribution in [-0.4, -0.2) is 19.5 Å². The van der Waals surface area contributed by atoms with E-state index >= 15 is 0 Å². The molecule has 5 nitrogen and oxygen atoms in total. The van der Waals surface area contributed by atoms with Crippen molar-refractivity contribution < 1.29 is 4.42 Å². The minimum Gasteiger partial charge on any atom is -0.456 e. The highest BCUT2D eigenvalue weighted by molar-refractivity contribution is 6.10. The van der Waals surface area contributed by atoms with Crippen molar-refractivity contribution in [2.24, 2.45) is 23.7 Å². The predicted molar refractivity (Wildman–Crippen MR) is 241 cm³/mol. The highest BCUT2D eigenvalue weighted by Gasteiger charge is 2.61. The van der Waals surface area contributed by atoms with E-state index in [2.05, 4.69) is 150 Å². The van der Waals surface area contributed by atoms with Gasteiger partial charge in [-0.25, -0.2) is 15.0 Å². The molecule has 4 bridgehead atoms. The Hall–Kier alpha value is -6.85. The van der Waals surface area contributed by atoms with Gasteiger partial charge in [-0.05, 0) is 127 Å². The third-order valence-corrected chi connectivity index (χ3v) is 15.0. The second-order valence-electron chi connectivity index (χ2n) is 18.0. The van der Waals surface area contributed by atoms with Crippen molar-refractivity contribution >= 4 is 43.7 Å². The summed E-state index contributed by atoms with van der Waals surface area (Å²) in [6, 6.07) is 57.0. The Morgan fingerprint density at radius 3 is 1.78 bits per heavy atom. The van der Waals surface area contributed by atoms with E-state index in [0.717, 1.165) is 61.7 Å². The number of nitrogens with zero attached hydrogens (tertiary/aromatic N) is 4. The summed E-state index contributed by atoms with van der Waals surface area (Å²) in [6.07, 6.45) is 6.92. The van der Waals surface area contributed by atoms with Crippen molar-refractivity contribution in [1.29, 1.82) is 0 Å². The number of aromatic nitrogens is 4. The molecule has 4 saturated carbocycles. The number of furan rings is 1. The lowest BCUT2D eigenvalue weighted by Gasteiger charge is -2.61. The van der Waals surface area contributed by atoms with Gasteiger partial charge in [0.25, 0.3) is 0 Å². The van der Waals surface area contributed by atoms with E-state index in [-0.39, 0.29) is 5.41 Å². The van der Waals surface area contributed by atoms with Gasteiger partial charge in [0.1, 0.15) is 11.2 Å². The maximum Gasteiger partial charge on any atom is 0.164 e. The van der Waals surface area contributed by atoms with Gasteiger partial charge in [-0.2, -0.15) is 0 Å². The minimum atomic E-state index is 0.113. The molecule has 0 unspecified atom stereocenters. The first kappa shape index (κ1) is 33.0. The number of hydrogen-bond donors (Lipinski definition) is 0. The highest BCUT2D eigenvalue weighted by Crippen LogP contribution is 2.69. The summed E-state index contributed by atoms with van der Waals surface area (Å²) in [6.45, 7) is 0. The van der Waals surface area contributed by atoms with Crippen LogP contribution in [0.25, 0.3) is 94.7 Å². The molecule has 5 aliphatic carbocycles. The monoisotopic (exact) mass is 772 g/mol. The Morgan fingerprint density at radius 1 is 0.433 bits per heavy atom. The van der Waals surface area contributed by atoms with Gasteiger partial charge in [0, 0.05) is 49.3 Å². The summed E-state index contributed by atoms with van der Waals surface area (Å²) in [5.74, 6) is 5.18. The average molecular weight is 773 g/mol. The number of para-hydroxylation sites is 3. The Kier molecular flexibility index (Phi) is 6.67. The summed E-state index contributed by atoms with van der Waals surface area (Å²) < 4.78 is 8.73. The Labute approximate surface area is 347 Å². The zero-order valence-electron chi connectivity index (χ0n) is 33.1. The van der Waals surface area contributed by atoms with E-state index in [1.54, 1.807) is 5.56 Å². The van der Waals surface area contributed by atoms with Crippen LogP contribution in [0, 0.1) is 23.7 Å². The molecule has 15 rings (SSSR count). The Bertz CT molecular complexity index is 3380. The van der Waals surface area contributed by atoms with Crippen molar-refractivity contribution in [2.75, 3.05) is 0 Å². The second-order valence-corrected chi connectivity index (χ2v) is 18.0. The maximum atomic E-state index is 6.38. The topological polar surface area (TPSA) is 56.7 Å². The molecule has 7 aromatic carbocycles. The average Bonchev–Trinajstić information content (AvgIpc) is 3.94. The molecule has 0 N–H and O–H groups in total. The Balaban J connectivity index is 0.976. The minimum absolute atomic E-state index is 0.113. The van der Waals surface area contributed by atoms with E-state index in [1.807, 2.05) is 12.1 Å². The zero-order chi connectivity index (χ0) is 39.1. The predicted octanol–water partition coefficient (Wildman–Crippen LogP) is 13.6. The lowest BCUT2D eigenvalue weighted by atomic mass is 9.43. The van der Waals surface area contributed by atoms with Gasteiger partial charge in [-0.1, -0.05) is 109 Å². The molecule has 3 heterocycles. The fraction of sp³-hybridized carbons (Fsp3) is 0.182. The largest absolute Gasteiger partial charge is 0.456 e. The van der Waals surface area contributed by atoms with Gasteiger partial charge in [0.05, 0.1) is 11.0 Å². The smallest absolute Gasteiger partial charge is 0.164 e. The standard InChI is InChI=1S/C55H40N4O/c1-2-10-39(11-3-1)59-48-16-8-5-13-41(48)42-21-18-35(30-49(42)59)53-56-52(57-54(58-53)36-19-22-44-43-14-6-9-17-50(43)60-51(44)31-36)34-20-23-47-45(29-34)40-12-4-7-15-46(40)55(47)37-25-32-24-33(27-37)28-38(55)26-32/h1-23,29-33,37-38H,24-28H2. The van der Waals surface area contributed by atoms with Crippen LogP contribution in [-0.2, 0) is 5.41 Å². The first-order valence-electron chi connectivity index (χ1n) is 21.7. The van der Waals surface area contributed by atoms with Crippen LogP contribution in [0.5, 0.6) is 0 Å². The van der Waals surface area contributed by atoms with Gasteiger partial charge in [-0.15, -0.1) is 0 Å². The van der Waals surface area contributed by atoms with Gasteiger partial charge < -0.3 is 8.98 Å². The van der Waals surface area contributed by atoms with Gasteiger partial charge in [0.2, 0.25) is 0 Å². The van der Waals surface area contributed by atoms with Crippen molar-refractivity contribution in [3.05, 3.63) is 169 Å². The lowest BCUT2D eigenvalue weighted by Crippen LogP contribution is -2.55. The molecular formula is C55H40N4O. The van der Waals surface area contributed by atoms with Gasteiger partial charge in [-0.3, -0.25) is 0 Å². The summed E-state index contributed by atoms with van der Waals surface area (Å²) in [5, 5.41) is 4.60. The fourth-order valence-corrected chi connectivity index (χ4v) is 12.9. The molecule has 5 aliphatic rings. The van der Waals surface area contributed by atoms with Crippen LogP contribution < -0.4 is 0 Å². The number of benzene rings is 7. The summed E-state index contributed by atoms with van der Waals surface area (Å²) in [5.41, 5.74) is 13.9. The van der Waals surface area contributed by atoms with Crippen molar-refractivity contribution in [2.45, 2.75) is 37.5 Å². The molecule has 0 aliphatic heterocycles. The highest BCUT2D eigenvalue weighted by atomic mass is 16.3. The van der Waals surface area contributed by atoms with Crippen molar-refractivity contribution in [3.63, 3.8) is 0 Å². The maximum absolute atomic E-state index is 6.38. The molecule has 0 saturated heterocycles. The molecule has 0 atom stereocenters. The first-order valence-corrected chi connectivity index (χ1v) is 21.7. The van der Waals surface area contributed by atoms with Crippen molar-refractivity contribution in [1.82, 2.24) is 19.5 Å². The molecule has 3 aromatic heterocycles. The molecule has 4 fully saturated rings. The molecule has 10 aromatic rings. The summed E-state index contributed by atoms with van der Waals surface area (Å²) in [4.78, 5) is 16.0. The summed E-state index contributed by atoms with van der Waals surface area (Å²) >= 11 is 0. The molecule has 286 valence electrons. The van der Waals surface area contributed by atoms with Gasteiger partial charge in [0.15, 0.2) is 17.5 Å². The first-order chi connectivity index (χ1) is 29.7. The second kappa shape index (κ2) is 12.1. The molecule has 1 spiro atoms. The van der Waals surface area contributed by atoms with Crippen LogP contribution in [0.15, 0.2) is 162 Å². The normalized spacial score (nSPS) is 22.4. The van der Waals surface area contributed by atoms with Crippen molar-refractivity contribution in [3.8, 4) is 51.0 Å². The molecule has 60 heavy (non-hydrogen) atoms. The van der Waals surface area contributed by atoms with E-state index in [1.165, 1.54) is 65.1 Å². The van der Waals surface area contributed by atoms with E-state index in [0.29, 0.717) is 29.3 Å². The molecule has 0 amide bonds. The lowest BCUT2D eigenvalue weighted by molar-refractivity contribution is -0.0399. The van der Waals surface area contributed by atoms with Crippen LogP contribution in [0.2, 0.25) is 0 Å². The Morgan fingerprint density at radius 2 is 1.00 bits per heavy atom. The van der Waals surface area contributed by atoms with Crippen LogP contribution in [0.4, 0.5) is 0 Å². The molecule has 0 radical (unpaired) electrons. The number of hydrogen-bond acceptors (Lipinski definition) is 4.